The van der Waals surface area contributed by atoms with Gasteiger partial charge in [0.15, 0.2) is 5.78 Å². The van der Waals surface area contributed by atoms with Crippen LogP contribution in [0.3, 0.4) is 0 Å². The van der Waals surface area contributed by atoms with Crippen molar-refractivity contribution in [2.75, 3.05) is 5.32 Å². The summed E-state index contributed by atoms with van der Waals surface area (Å²) in [6.45, 7) is 3.86. The third kappa shape index (κ3) is 2.68. The van der Waals surface area contributed by atoms with Gasteiger partial charge in [0.25, 0.3) is 0 Å². The van der Waals surface area contributed by atoms with Gasteiger partial charge in [-0.2, -0.15) is 5.10 Å². The maximum Gasteiger partial charge on any atom is 0.226 e. The molecule has 3 heterocycles. The van der Waals surface area contributed by atoms with E-state index in [0.717, 1.165) is 21.8 Å². The molecule has 1 aliphatic heterocycles. The van der Waals surface area contributed by atoms with Crippen LogP contribution in [0.15, 0.2) is 42.5 Å². The summed E-state index contributed by atoms with van der Waals surface area (Å²) in [5.74, 6) is -0.0491. The average Bonchev–Trinajstić information content (AvgIpc) is 3.18. The van der Waals surface area contributed by atoms with E-state index in [4.69, 9.17) is 0 Å². The molecule has 3 aromatic rings. The Morgan fingerprint density at radius 2 is 1.96 bits per heavy atom. The molecule has 25 heavy (non-hydrogen) atoms. The smallest absolute Gasteiger partial charge is 0.226 e. The minimum Gasteiger partial charge on any atom is -0.310 e. The predicted molar refractivity (Wildman–Crippen MR) is 97.7 cm³/mol. The molecule has 0 bridgehead atoms. The Morgan fingerprint density at radius 1 is 1.20 bits per heavy atom. The number of aromatic nitrogens is 2. The number of amides is 1. The number of anilines is 1. The molecule has 0 saturated heterocycles. The van der Waals surface area contributed by atoms with Gasteiger partial charge in [-0.25, -0.2) is 4.68 Å². The molecular weight excluding hydrogens is 334 g/mol. The Bertz CT molecular complexity index is 972. The fourth-order valence-corrected chi connectivity index (χ4v) is 4.13. The zero-order chi connectivity index (χ0) is 17.6. The number of hydrogen-bond donors (Lipinski definition) is 1. The van der Waals surface area contributed by atoms with Crippen molar-refractivity contribution < 1.29 is 9.59 Å². The molecule has 4 rings (SSSR count). The van der Waals surface area contributed by atoms with Gasteiger partial charge in [0.2, 0.25) is 5.91 Å². The van der Waals surface area contributed by atoms with Crippen LogP contribution in [0.5, 0.6) is 0 Å². The molecule has 1 aromatic carbocycles. The fraction of sp³-hybridized carbons (Fsp3) is 0.211. The first-order valence-electron chi connectivity index (χ1n) is 8.10. The molecular formula is C19H17N3O2S. The zero-order valence-corrected chi connectivity index (χ0v) is 14.8. The highest BCUT2D eigenvalue weighted by Gasteiger charge is 2.36. The molecule has 0 spiro atoms. The molecule has 6 heteroatoms. The minimum absolute atomic E-state index is 0.00934. The topological polar surface area (TPSA) is 64.0 Å². The number of rotatable bonds is 3. The van der Waals surface area contributed by atoms with Crippen LogP contribution in [-0.2, 0) is 4.79 Å². The van der Waals surface area contributed by atoms with Gasteiger partial charge in [-0.05, 0) is 38.1 Å². The third-order valence-corrected chi connectivity index (χ3v) is 5.42. The number of nitrogens with zero attached hydrogens (tertiary/aromatic N) is 2. The number of carbonyl (C=O) groups is 2. The van der Waals surface area contributed by atoms with Gasteiger partial charge < -0.3 is 5.32 Å². The number of para-hydroxylation sites is 1. The second kappa shape index (κ2) is 5.97. The highest BCUT2D eigenvalue weighted by molar-refractivity contribution is 7.14. The van der Waals surface area contributed by atoms with E-state index in [1.807, 2.05) is 56.3 Å². The van der Waals surface area contributed by atoms with E-state index in [1.54, 1.807) is 4.68 Å². The van der Waals surface area contributed by atoms with Gasteiger partial charge in [0.05, 0.1) is 22.2 Å². The van der Waals surface area contributed by atoms with E-state index in [1.165, 1.54) is 11.3 Å². The van der Waals surface area contributed by atoms with Crippen LogP contribution in [0.4, 0.5) is 5.82 Å². The third-order valence-electron chi connectivity index (χ3n) is 4.40. The number of nitrogens with one attached hydrogen (secondary N) is 1. The number of Topliss-reactive ketones (excluding diaryl/α,β-unsaturated/α-hetero) is 1. The van der Waals surface area contributed by atoms with E-state index in [2.05, 4.69) is 10.4 Å². The lowest BCUT2D eigenvalue weighted by atomic mass is 9.87. The summed E-state index contributed by atoms with van der Waals surface area (Å²) in [6, 6.07) is 13.4. The molecule has 0 saturated carbocycles. The molecule has 5 nitrogen and oxygen atoms in total. The SMILES string of the molecule is Cc1ccc(C(=O)C2CC(=O)Nc3c2c(C)nn3-c2ccccc2)s1. The lowest BCUT2D eigenvalue weighted by Gasteiger charge is -2.22. The van der Waals surface area contributed by atoms with Crippen molar-refractivity contribution >= 4 is 28.8 Å². The summed E-state index contributed by atoms with van der Waals surface area (Å²) in [4.78, 5) is 27.1. The van der Waals surface area contributed by atoms with Gasteiger partial charge in [-0.3, -0.25) is 9.59 Å². The van der Waals surface area contributed by atoms with Crippen molar-refractivity contribution in [2.45, 2.75) is 26.2 Å². The number of aryl methyl sites for hydroxylation is 2. The fourth-order valence-electron chi connectivity index (χ4n) is 3.27. The van der Waals surface area contributed by atoms with Crippen LogP contribution >= 0.6 is 11.3 Å². The van der Waals surface area contributed by atoms with Gasteiger partial charge in [0, 0.05) is 16.9 Å². The molecule has 1 unspecified atom stereocenters. The van der Waals surface area contributed by atoms with Gasteiger partial charge in [0.1, 0.15) is 5.82 Å². The van der Waals surface area contributed by atoms with Crippen LogP contribution in [0, 0.1) is 13.8 Å². The highest BCUT2D eigenvalue weighted by atomic mass is 32.1. The Kier molecular flexibility index (Phi) is 3.77. The normalized spacial score (nSPS) is 16.4. The maximum absolute atomic E-state index is 13.0. The molecule has 1 N–H and O–H groups in total. The Morgan fingerprint density at radius 3 is 2.64 bits per heavy atom. The Hall–Kier alpha value is -2.73. The van der Waals surface area contributed by atoms with E-state index in [0.29, 0.717) is 10.7 Å². The maximum atomic E-state index is 13.0. The number of carbonyl (C=O) groups excluding carboxylic acids is 2. The summed E-state index contributed by atoms with van der Waals surface area (Å²) < 4.78 is 1.71. The second-order valence-electron chi connectivity index (χ2n) is 6.17. The second-order valence-corrected chi connectivity index (χ2v) is 7.46. The van der Waals surface area contributed by atoms with Gasteiger partial charge in [-0.1, -0.05) is 18.2 Å². The van der Waals surface area contributed by atoms with Crippen LogP contribution < -0.4 is 5.32 Å². The number of thiophene rings is 1. The summed E-state index contributed by atoms with van der Waals surface area (Å²) in [7, 11) is 0. The van der Waals surface area contributed by atoms with Crippen molar-refractivity contribution in [2.24, 2.45) is 0 Å². The van der Waals surface area contributed by atoms with E-state index >= 15 is 0 Å². The van der Waals surface area contributed by atoms with Crippen molar-refractivity contribution in [1.82, 2.24) is 9.78 Å². The molecule has 2 aromatic heterocycles. The van der Waals surface area contributed by atoms with E-state index in [-0.39, 0.29) is 18.1 Å². The van der Waals surface area contributed by atoms with E-state index in [9.17, 15) is 9.59 Å². The van der Waals surface area contributed by atoms with Gasteiger partial charge >= 0.3 is 0 Å². The van der Waals surface area contributed by atoms with E-state index < -0.39 is 5.92 Å². The van der Waals surface area contributed by atoms with Crippen molar-refractivity contribution in [3.8, 4) is 5.69 Å². The number of benzene rings is 1. The average molecular weight is 351 g/mol. The standard InChI is InChI=1S/C19H17N3O2S/c1-11-8-9-15(25-11)18(24)14-10-16(23)20-19-17(14)12(2)21-22(19)13-6-4-3-5-7-13/h3-9,14H,10H2,1-2H3,(H,20,23). The summed E-state index contributed by atoms with van der Waals surface area (Å²) in [5.41, 5.74) is 2.44. The van der Waals surface area contributed by atoms with Crippen molar-refractivity contribution in [3.05, 3.63) is 63.5 Å². The zero-order valence-electron chi connectivity index (χ0n) is 13.9. The Labute approximate surface area is 149 Å². The highest BCUT2D eigenvalue weighted by Crippen LogP contribution is 2.39. The predicted octanol–water partition coefficient (Wildman–Crippen LogP) is 3.86. The summed E-state index contributed by atoms with van der Waals surface area (Å²) in [5, 5.41) is 7.48. The summed E-state index contributed by atoms with van der Waals surface area (Å²) >= 11 is 1.47. The van der Waals surface area contributed by atoms with Gasteiger partial charge in [-0.15, -0.1) is 11.3 Å². The summed E-state index contributed by atoms with van der Waals surface area (Å²) in [6.07, 6.45) is 0.157. The molecule has 1 amide bonds. The molecule has 126 valence electrons. The number of fused-ring (bicyclic) bond motifs is 1. The Balaban J connectivity index is 1.83. The lowest BCUT2D eigenvalue weighted by Crippen LogP contribution is -2.28. The number of hydrogen-bond acceptors (Lipinski definition) is 4. The van der Waals surface area contributed by atoms with Crippen molar-refractivity contribution in [3.63, 3.8) is 0 Å². The van der Waals surface area contributed by atoms with Crippen LogP contribution in [-0.4, -0.2) is 21.5 Å². The van der Waals surface area contributed by atoms with Crippen LogP contribution in [0.25, 0.3) is 5.69 Å². The number of ketones is 1. The monoisotopic (exact) mass is 351 g/mol. The van der Waals surface area contributed by atoms with Crippen LogP contribution in [0.2, 0.25) is 0 Å². The van der Waals surface area contributed by atoms with Crippen LogP contribution in [0.1, 0.15) is 38.1 Å². The lowest BCUT2D eigenvalue weighted by molar-refractivity contribution is -0.116. The molecule has 1 atom stereocenters. The first-order chi connectivity index (χ1) is 12.0. The molecule has 1 aliphatic rings. The quantitative estimate of drug-likeness (QED) is 0.729. The minimum atomic E-state index is -0.487. The largest absolute Gasteiger partial charge is 0.310 e. The first kappa shape index (κ1) is 15.8. The molecule has 0 fully saturated rings. The van der Waals surface area contributed by atoms with Crippen molar-refractivity contribution in [1.29, 1.82) is 0 Å². The first-order valence-corrected chi connectivity index (χ1v) is 8.91. The molecule has 0 aliphatic carbocycles. The molecule has 0 radical (unpaired) electrons.